The van der Waals surface area contributed by atoms with Crippen molar-refractivity contribution < 1.29 is 0 Å². The van der Waals surface area contributed by atoms with E-state index in [0.29, 0.717) is 0 Å². The summed E-state index contributed by atoms with van der Waals surface area (Å²) >= 11 is 2.05. The molecule has 72 valence electrons. The van der Waals surface area contributed by atoms with E-state index in [1.807, 2.05) is 41.9 Å². The third-order valence-corrected chi connectivity index (χ3v) is 3.38. The first-order valence-corrected chi connectivity index (χ1v) is 5.36. The Morgan fingerprint density at radius 1 is 1.07 bits per heavy atom. The Bertz CT molecular complexity index is 557. The lowest BCUT2D eigenvalue weighted by Crippen LogP contribution is -2.11. The molecule has 1 aromatic heterocycles. The topological polar surface area (TPSA) is 22.0 Å². The van der Waals surface area contributed by atoms with E-state index in [9.17, 15) is 4.79 Å². The molecule has 0 fully saturated rings. The molecule has 0 aliphatic rings. The van der Waals surface area contributed by atoms with Crippen LogP contribution in [0.1, 0.15) is 11.1 Å². The summed E-state index contributed by atoms with van der Waals surface area (Å²) in [5.74, 6) is 0. The van der Waals surface area contributed by atoms with Crippen molar-refractivity contribution in [3.05, 3.63) is 45.7 Å². The van der Waals surface area contributed by atoms with Gasteiger partial charge in [0.1, 0.15) is 0 Å². The van der Waals surface area contributed by atoms with Crippen LogP contribution in [0.2, 0.25) is 0 Å². The second-order valence-corrected chi connectivity index (χ2v) is 4.38. The van der Waals surface area contributed by atoms with Crippen LogP contribution in [0.4, 0.5) is 0 Å². The molecule has 2 aromatic rings. The number of halogens is 1. The molecule has 1 aromatic carbocycles. The first-order chi connectivity index (χ1) is 6.61. The lowest BCUT2D eigenvalue weighted by molar-refractivity contribution is 1.24. The second kappa shape index (κ2) is 3.38. The lowest BCUT2D eigenvalue weighted by atomic mass is 10.1. The van der Waals surface area contributed by atoms with Crippen molar-refractivity contribution in [3.63, 3.8) is 0 Å². The number of aryl methyl sites for hydroxylation is 2. The van der Waals surface area contributed by atoms with Crippen LogP contribution in [0.25, 0.3) is 10.9 Å². The van der Waals surface area contributed by atoms with E-state index in [4.69, 9.17) is 0 Å². The highest BCUT2D eigenvalue weighted by atomic mass is 127. The molecule has 0 N–H and O–H groups in total. The normalized spacial score (nSPS) is 10.8. The van der Waals surface area contributed by atoms with Gasteiger partial charge >= 0.3 is 0 Å². The van der Waals surface area contributed by atoms with Gasteiger partial charge in [-0.25, -0.2) is 2.78 Å². The molecule has 0 radical (unpaired) electrons. The quantitative estimate of drug-likeness (QED) is 0.686. The zero-order valence-electron chi connectivity index (χ0n) is 8.04. The van der Waals surface area contributed by atoms with E-state index >= 15 is 0 Å². The lowest BCUT2D eigenvalue weighted by Gasteiger charge is -2.07. The first-order valence-electron chi connectivity index (χ1n) is 4.39. The summed E-state index contributed by atoms with van der Waals surface area (Å²) in [5, 5.41) is 1.15. The van der Waals surface area contributed by atoms with Crippen LogP contribution in [0.15, 0.2) is 29.1 Å². The smallest absolute Gasteiger partial charge is 0.259 e. The van der Waals surface area contributed by atoms with Gasteiger partial charge in [0.15, 0.2) is 0 Å². The number of aromatic nitrogens is 1. The van der Waals surface area contributed by atoms with Crippen molar-refractivity contribution in [1.82, 2.24) is 2.78 Å². The van der Waals surface area contributed by atoms with Gasteiger partial charge in [0.2, 0.25) is 0 Å². The molecule has 0 amide bonds. The van der Waals surface area contributed by atoms with Gasteiger partial charge in [-0.3, -0.25) is 4.79 Å². The fourth-order valence-electron chi connectivity index (χ4n) is 1.62. The minimum absolute atomic E-state index is 0.0341. The van der Waals surface area contributed by atoms with Crippen LogP contribution in [-0.4, -0.2) is 2.78 Å². The third kappa shape index (κ3) is 1.35. The highest BCUT2D eigenvalue weighted by molar-refractivity contribution is 14.1. The number of nitrogens with zero attached hydrogens (tertiary/aromatic N) is 1. The SMILES string of the molecule is Cc1ccc(C)c2c1ccc(=O)n2I. The van der Waals surface area contributed by atoms with Gasteiger partial charge < -0.3 is 0 Å². The second-order valence-electron chi connectivity index (χ2n) is 3.41. The van der Waals surface area contributed by atoms with Crippen molar-refractivity contribution in [1.29, 1.82) is 0 Å². The number of pyridine rings is 1. The largest absolute Gasteiger partial charge is 0.269 e. The van der Waals surface area contributed by atoms with Gasteiger partial charge in [0, 0.05) is 11.5 Å². The van der Waals surface area contributed by atoms with Crippen LogP contribution in [0.5, 0.6) is 0 Å². The number of hydrogen-bond donors (Lipinski definition) is 0. The maximum Gasteiger partial charge on any atom is 0.259 e. The monoisotopic (exact) mass is 299 g/mol. The maximum atomic E-state index is 11.5. The molecular formula is C11H10INO. The summed E-state index contributed by atoms with van der Waals surface area (Å²) in [7, 11) is 0. The Balaban J connectivity index is 3.08. The Kier molecular flexibility index (Phi) is 2.34. The van der Waals surface area contributed by atoms with Crippen LogP contribution in [-0.2, 0) is 0 Å². The molecule has 3 heteroatoms. The standard InChI is InChI=1S/C11H10INO/c1-7-3-4-8(2)11-9(7)5-6-10(14)13(11)12/h3-6H,1-2H3. The highest BCUT2D eigenvalue weighted by Gasteiger charge is 2.04. The highest BCUT2D eigenvalue weighted by Crippen LogP contribution is 2.21. The Morgan fingerprint density at radius 2 is 1.71 bits per heavy atom. The summed E-state index contributed by atoms with van der Waals surface area (Å²) < 4.78 is 1.68. The van der Waals surface area contributed by atoms with E-state index in [1.165, 1.54) is 5.56 Å². The minimum atomic E-state index is 0.0341. The molecular weight excluding hydrogens is 289 g/mol. The third-order valence-electron chi connectivity index (χ3n) is 2.42. The van der Waals surface area contributed by atoms with Crippen molar-refractivity contribution in [2.45, 2.75) is 13.8 Å². The van der Waals surface area contributed by atoms with Gasteiger partial charge in [-0.1, -0.05) is 12.1 Å². The molecule has 0 unspecified atom stereocenters. The molecule has 2 nitrogen and oxygen atoms in total. The van der Waals surface area contributed by atoms with E-state index in [-0.39, 0.29) is 5.56 Å². The van der Waals surface area contributed by atoms with Gasteiger partial charge in [-0.05, 0) is 31.0 Å². The number of fused-ring (bicyclic) bond motifs is 1. The van der Waals surface area contributed by atoms with Crippen LogP contribution in [0.3, 0.4) is 0 Å². The summed E-state index contributed by atoms with van der Waals surface area (Å²) in [4.78, 5) is 11.5. The van der Waals surface area contributed by atoms with Crippen molar-refractivity contribution in [2.24, 2.45) is 0 Å². The summed E-state index contributed by atoms with van der Waals surface area (Å²) in [6.45, 7) is 4.08. The van der Waals surface area contributed by atoms with Gasteiger partial charge in [0.05, 0.1) is 28.4 Å². The van der Waals surface area contributed by atoms with Gasteiger partial charge in [-0.2, -0.15) is 0 Å². The Labute approximate surface area is 96.1 Å². The average Bonchev–Trinajstić information content (AvgIpc) is 2.16. The van der Waals surface area contributed by atoms with E-state index < -0.39 is 0 Å². The predicted molar refractivity (Wildman–Crippen MR) is 67.1 cm³/mol. The Hall–Kier alpha value is -0.840. The predicted octanol–water partition coefficient (Wildman–Crippen LogP) is 2.82. The van der Waals surface area contributed by atoms with Crippen LogP contribution < -0.4 is 5.56 Å². The summed E-state index contributed by atoms with van der Waals surface area (Å²) in [6, 6.07) is 7.64. The molecule has 0 atom stereocenters. The number of benzene rings is 1. The van der Waals surface area contributed by atoms with Gasteiger partial charge in [-0.15, -0.1) is 0 Å². The molecule has 0 saturated heterocycles. The Morgan fingerprint density at radius 3 is 2.43 bits per heavy atom. The molecule has 2 rings (SSSR count). The molecule has 0 aliphatic heterocycles. The average molecular weight is 299 g/mol. The van der Waals surface area contributed by atoms with E-state index in [2.05, 4.69) is 13.0 Å². The maximum absolute atomic E-state index is 11.5. The molecule has 14 heavy (non-hydrogen) atoms. The first kappa shape index (κ1) is 9.71. The molecule has 0 saturated carbocycles. The molecule has 0 aliphatic carbocycles. The van der Waals surface area contributed by atoms with E-state index in [0.717, 1.165) is 16.5 Å². The fraction of sp³-hybridized carbons (Fsp3) is 0.182. The van der Waals surface area contributed by atoms with Crippen molar-refractivity contribution in [3.8, 4) is 0 Å². The van der Waals surface area contributed by atoms with Crippen molar-refractivity contribution in [2.75, 3.05) is 0 Å². The molecule has 1 heterocycles. The zero-order valence-corrected chi connectivity index (χ0v) is 10.2. The number of hydrogen-bond acceptors (Lipinski definition) is 1. The summed E-state index contributed by atoms with van der Waals surface area (Å²) in [6.07, 6.45) is 0. The molecule has 0 spiro atoms. The zero-order chi connectivity index (χ0) is 10.3. The molecule has 0 bridgehead atoms. The van der Waals surface area contributed by atoms with Crippen molar-refractivity contribution >= 4 is 33.8 Å². The van der Waals surface area contributed by atoms with Crippen LogP contribution >= 0.6 is 22.9 Å². The fourth-order valence-corrected chi connectivity index (χ4v) is 2.42. The number of rotatable bonds is 0. The van der Waals surface area contributed by atoms with Gasteiger partial charge in [0.25, 0.3) is 5.56 Å². The van der Waals surface area contributed by atoms with E-state index in [1.54, 1.807) is 8.85 Å². The summed E-state index contributed by atoms with van der Waals surface area (Å²) in [5.41, 5.74) is 3.40. The van der Waals surface area contributed by atoms with Crippen LogP contribution in [0, 0.1) is 13.8 Å². The minimum Gasteiger partial charge on any atom is -0.269 e.